The molecule has 0 N–H and O–H groups in total. The summed E-state index contributed by atoms with van der Waals surface area (Å²) in [6, 6.07) is 7.39. The number of carbonyl (C=O) groups is 1. The molecule has 4 aromatic rings. The van der Waals surface area contributed by atoms with E-state index in [2.05, 4.69) is 15.0 Å². The molecule has 0 bridgehead atoms. The number of hydrogen-bond acceptors (Lipinski definition) is 7. The average Bonchev–Trinajstić information content (AvgIpc) is 3.17. The van der Waals surface area contributed by atoms with Crippen molar-refractivity contribution in [2.75, 3.05) is 26.2 Å². The molecular formula is C26H25ClFN5O4. The second-order valence-corrected chi connectivity index (χ2v) is 9.33. The highest BCUT2D eigenvalue weighted by Crippen LogP contribution is 2.29. The molecule has 0 radical (unpaired) electrons. The molecule has 3 aromatic heterocycles. The van der Waals surface area contributed by atoms with Gasteiger partial charge in [-0.2, -0.15) is 5.10 Å². The van der Waals surface area contributed by atoms with Crippen LogP contribution in [0.5, 0.6) is 5.75 Å². The van der Waals surface area contributed by atoms with Crippen LogP contribution in [0.3, 0.4) is 0 Å². The zero-order chi connectivity index (χ0) is 26.1. The minimum Gasteiger partial charge on any atom is -0.482 e. The van der Waals surface area contributed by atoms with Gasteiger partial charge in [-0.1, -0.05) is 23.7 Å². The lowest BCUT2D eigenvalue weighted by Gasteiger charge is -2.34. The van der Waals surface area contributed by atoms with E-state index < -0.39 is 0 Å². The molecule has 0 unspecified atom stereocenters. The maximum absolute atomic E-state index is 13.3. The highest BCUT2D eigenvalue weighted by molar-refractivity contribution is 6.38. The van der Waals surface area contributed by atoms with Crippen LogP contribution in [0.1, 0.15) is 27.4 Å². The average molecular weight is 526 g/mol. The number of amides is 1. The summed E-state index contributed by atoms with van der Waals surface area (Å²) in [6.07, 6.45) is 2.79. The number of hydrogen-bond donors (Lipinski definition) is 0. The molecule has 5 rings (SSSR count). The maximum atomic E-state index is 13.3. The zero-order valence-electron chi connectivity index (χ0n) is 20.4. The summed E-state index contributed by atoms with van der Waals surface area (Å²) in [5.74, 6) is 0.0192. The standard InChI is InChI=1S/C26H25ClFN5O4/c1-16-23-24(27)20(12-29-25(23)31(2)30-16)26(35)33-8-6-32(7-9-33)13-19-11-21(34)22(15-36-19)37-14-17-4-3-5-18(28)10-17/h3-5,10-12,15H,6-9,13-14H2,1-2H3. The van der Waals surface area contributed by atoms with Crippen LogP contribution in [0.2, 0.25) is 5.02 Å². The first-order valence-electron chi connectivity index (χ1n) is 11.8. The van der Waals surface area contributed by atoms with Crippen LogP contribution in [-0.2, 0) is 20.2 Å². The Morgan fingerprint density at radius 2 is 2.00 bits per heavy atom. The molecule has 4 heterocycles. The van der Waals surface area contributed by atoms with Crippen LogP contribution in [0.25, 0.3) is 11.0 Å². The Labute approximate surface area is 217 Å². The molecule has 9 nitrogen and oxygen atoms in total. The smallest absolute Gasteiger partial charge is 0.257 e. The molecule has 0 spiro atoms. The predicted octanol–water partition coefficient (Wildman–Crippen LogP) is 3.56. The van der Waals surface area contributed by atoms with Gasteiger partial charge >= 0.3 is 0 Å². The molecule has 0 aliphatic carbocycles. The summed E-state index contributed by atoms with van der Waals surface area (Å²) >= 11 is 6.58. The van der Waals surface area contributed by atoms with Gasteiger partial charge in [-0.05, 0) is 24.6 Å². The fourth-order valence-electron chi connectivity index (χ4n) is 4.43. The molecule has 11 heteroatoms. The number of ether oxygens (including phenoxy) is 1. The third-order valence-electron chi connectivity index (χ3n) is 6.37. The fraction of sp³-hybridized carbons (Fsp3) is 0.308. The first-order chi connectivity index (χ1) is 17.8. The second-order valence-electron chi connectivity index (χ2n) is 8.96. The highest BCUT2D eigenvalue weighted by Gasteiger charge is 2.26. The summed E-state index contributed by atoms with van der Waals surface area (Å²) in [5, 5.41) is 5.39. The zero-order valence-corrected chi connectivity index (χ0v) is 21.2. The number of piperazine rings is 1. The van der Waals surface area contributed by atoms with Crippen LogP contribution in [0.15, 0.2) is 52.0 Å². The van der Waals surface area contributed by atoms with Crippen molar-refractivity contribution in [1.82, 2.24) is 24.6 Å². The van der Waals surface area contributed by atoms with E-state index in [0.717, 1.165) is 5.69 Å². The van der Waals surface area contributed by atoms with Gasteiger partial charge in [-0.15, -0.1) is 0 Å². The quantitative estimate of drug-likeness (QED) is 0.380. The molecule has 0 atom stereocenters. The van der Waals surface area contributed by atoms with Crippen molar-refractivity contribution in [3.05, 3.63) is 86.4 Å². The normalized spacial score (nSPS) is 14.3. The monoisotopic (exact) mass is 525 g/mol. The first-order valence-corrected chi connectivity index (χ1v) is 12.2. The summed E-state index contributed by atoms with van der Waals surface area (Å²) in [7, 11) is 1.79. The number of aromatic nitrogens is 3. The van der Waals surface area contributed by atoms with Crippen LogP contribution in [0.4, 0.5) is 4.39 Å². The van der Waals surface area contributed by atoms with Crippen LogP contribution in [-0.4, -0.2) is 56.7 Å². The van der Waals surface area contributed by atoms with Gasteiger partial charge < -0.3 is 14.1 Å². The molecule has 0 saturated carbocycles. The van der Waals surface area contributed by atoms with Crippen molar-refractivity contribution in [3.63, 3.8) is 0 Å². The van der Waals surface area contributed by atoms with Crippen LogP contribution in [0, 0.1) is 12.7 Å². The van der Waals surface area contributed by atoms with Crippen molar-refractivity contribution >= 4 is 28.5 Å². The number of rotatable bonds is 6. The van der Waals surface area contributed by atoms with Gasteiger partial charge in [0.15, 0.2) is 5.65 Å². The molecule has 1 aromatic carbocycles. The van der Waals surface area contributed by atoms with E-state index in [4.69, 9.17) is 20.8 Å². The highest BCUT2D eigenvalue weighted by atomic mass is 35.5. The number of pyridine rings is 1. The van der Waals surface area contributed by atoms with Crippen LogP contribution >= 0.6 is 11.6 Å². The maximum Gasteiger partial charge on any atom is 0.257 e. The van der Waals surface area contributed by atoms with Gasteiger partial charge in [0.2, 0.25) is 11.2 Å². The third kappa shape index (κ3) is 5.21. The van der Waals surface area contributed by atoms with E-state index in [1.165, 1.54) is 30.7 Å². The van der Waals surface area contributed by atoms with Crippen molar-refractivity contribution in [3.8, 4) is 5.75 Å². The Hall–Kier alpha value is -3.76. The van der Waals surface area contributed by atoms with Crippen molar-refractivity contribution in [2.45, 2.75) is 20.1 Å². The Kier molecular flexibility index (Phi) is 6.94. The minimum absolute atomic E-state index is 0.0602. The molecule has 1 aliphatic rings. The lowest BCUT2D eigenvalue weighted by Crippen LogP contribution is -2.48. The number of carbonyl (C=O) groups excluding carboxylic acids is 1. The SMILES string of the molecule is Cc1nn(C)c2ncc(C(=O)N3CCN(Cc4cc(=O)c(OCc5cccc(F)c5)co4)CC3)c(Cl)c12. The second kappa shape index (κ2) is 10.3. The molecule has 1 saturated heterocycles. The fourth-order valence-corrected chi connectivity index (χ4v) is 4.78. The third-order valence-corrected chi connectivity index (χ3v) is 6.76. The van der Waals surface area contributed by atoms with Crippen molar-refractivity contribution in [2.24, 2.45) is 7.05 Å². The first kappa shape index (κ1) is 24.9. The Morgan fingerprint density at radius 3 is 2.73 bits per heavy atom. The van der Waals surface area contributed by atoms with Crippen molar-refractivity contribution in [1.29, 1.82) is 0 Å². The van der Waals surface area contributed by atoms with Gasteiger partial charge in [0.25, 0.3) is 5.91 Å². The largest absolute Gasteiger partial charge is 0.482 e. The Balaban J connectivity index is 1.18. The number of nitrogens with zero attached hydrogens (tertiary/aromatic N) is 5. The van der Waals surface area contributed by atoms with Gasteiger partial charge in [0, 0.05) is 45.5 Å². The predicted molar refractivity (Wildman–Crippen MR) is 135 cm³/mol. The van der Waals surface area contributed by atoms with Gasteiger partial charge in [0.05, 0.1) is 28.2 Å². The van der Waals surface area contributed by atoms with E-state index in [0.29, 0.717) is 65.7 Å². The molecule has 192 valence electrons. The number of benzene rings is 1. The lowest BCUT2D eigenvalue weighted by atomic mass is 10.1. The van der Waals surface area contributed by atoms with E-state index in [1.54, 1.807) is 28.8 Å². The van der Waals surface area contributed by atoms with E-state index >= 15 is 0 Å². The Morgan fingerprint density at radius 1 is 1.22 bits per heavy atom. The summed E-state index contributed by atoms with van der Waals surface area (Å²) in [4.78, 5) is 33.9. The number of halogens is 2. The Bertz CT molecular complexity index is 1530. The number of aryl methyl sites for hydroxylation is 2. The summed E-state index contributed by atoms with van der Waals surface area (Å²) in [5.41, 5.74) is 2.02. The molecule has 1 aliphatic heterocycles. The van der Waals surface area contributed by atoms with E-state index in [9.17, 15) is 14.0 Å². The number of fused-ring (bicyclic) bond motifs is 1. The van der Waals surface area contributed by atoms with Crippen LogP contribution < -0.4 is 10.2 Å². The van der Waals surface area contributed by atoms with E-state index in [1.807, 2.05) is 6.92 Å². The minimum atomic E-state index is -0.366. The van der Waals surface area contributed by atoms with Crippen molar-refractivity contribution < 1.29 is 18.3 Å². The molecule has 1 amide bonds. The lowest BCUT2D eigenvalue weighted by molar-refractivity contribution is 0.0619. The van der Waals surface area contributed by atoms with Gasteiger partial charge in [0.1, 0.15) is 24.4 Å². The topological polar surface area (TPSA) is 93.7 Å². The summed E-state index contributed by atoms with van der Waals surface area (Å²) < 4.78 is 26.1. The molecule has 1 fully saturated rings. The molecular weight excluding hydrogens is 501 g/mol. The van der Waals surface area contributed by atoms with E-state index in [-0.39, 0.29) is 29.5 Å². The molecule has 37 heavy (non-hydrogen) atoms. The van der Waals surface area contributed by atoms with Gasteiger partial charge in [-0.25, -0.2) is 9.37 Å². The summed E-state index contributed by atoms with van der Waals surface area (Å²) in [6.45, 7) is 4.52. The van der Waals surface area contributed by atoms with Gasteiger partial charge in [-0.3, -0.25) is 19.2 Å².